The molecular formula is C15H17ClN2O. The van der Waals surface area contributed by atoms with Gasteiger partial charge >= 0.3 is 0 Å². The van der Waals surface area contributed by atoms with E-state index in [4.69, 9.17) is 16.3 Å². The van der Waals surface area contributed by atoms with Gasteiger partial charge in [-0.25, -0.2) is 9.97 Å². The highest BCUT2D eigenvalue weighted by Crippen LogP contribution is 2.28. The molecule has 0 radical (unpaired) electrons. The smallest absolute Gasteiger partial charge is 0.226 e. The van der Waals surface area contributed by atoms with Crippen molar-refractivity contribution in [1.29, 1.82) is 0 Å². The molecule has 4 heteroatoms. The number of hydrogen-bond acceptors (Lipinski definition) is 3. The van der Waals surface area contributed by atoms with E-state index in [2.05, 4.69) is 42.9 Å². The van der Waals surface area contributed by atoms with Gasteiger partial charge in [0.2, 0.25) is 5.88 Å². The van der Waals surface area contributed by atoms with E-state index in [1.165, 1.54) is 11.9 Å². The second kappa shape index (κ2) is 5.17. The monoisotopic (exact) mass is 276 g/mol. The maximum absolute atomic E-state index is 5.93. The van der Waals surface area contributed by atoms with Gasteiger partial charge in [-0.1, -0.05) is 44.5 Å². The third kappa shape index (κ3) is 3.24. The Bertz CT molecular complexity index is 574. The number of ether oxygens (including phenoxy) is 1. The number of rotatable bonds is 2. The van der Waals surface area contributed by atoms with Crippen LogP contribution in [0.25, 0.3) is 0 Å². The first-order valence-electron chi connectivity index (χ1n) is 6.13. The average Bonchev–Trinajstić information content (AvgIpc) is 2.35. The third-order valence-electron chi connectivity index (χ3n) is 2.91. The van der Waals surface area contributed by atoms with E-state index < -0.39 is 0 Å². The highest BCUT2D eigenvalue weighted by molar-refractivity contribution is 6.30. The average molecular weight is 277 g/mol. The Kier molecular flexibility index (Phi) is 3.76. The molecule has 0 bridgehead atoms. The quantitative estimate of drug-likeness (QED) is 0.756. The van der Waals surface area contributed by atoms with Crippen molar-refractivity contribution < 1.29 is 4.74 Å². The second-order valence-corrected chi connectivity index (χ2v) is 5.83. The molecule has 1 aromatic heterocycles. The van der Waals surface area contributed by atoms with Crippen LogP contribution in [0, 0.1) is 6.92 Å². The van der Waals surface area contributed by atoms with Crippen molar-refractivity contribution >= 4 is 11.6 Å². The van der Waals surface area contributed by atoms with Crippen LogP contribution >= 0.6 is 11.6 Å². The number of hydrogen-bond donors (Lipinski definition) is 0. The van der Waals surface area contributed by atoms with E-state index >= 15 is 0 Å². The standard InChI is InChI=1S/C15H17ClN2O/c1-10-13(16)17-9-18-14(10)19-12-7-5-11(6-8-12)15(2,3)4/h5-9H,1-4H3. The van der Waals surface area contributed by atoms with E-state index in [0.717, 1.165) is 11.3 Å². The zero-order valence-corrected chi connectivity index (χ0v) is 12.3. The predicted octanol–water partition coefficient (Wildman–Crippen LogP) is 4.53. The molecule has 1 aromatic carbocycles. The molecule has 19 heavy (non-hydrogen) atoms. The Hall–Kier alpha value is -1.61. The highest BCUT2D eigenvalue weighted by Gasteiger charge is 2.13. The summed E-state index contributed by atoms with van der Waals surface area (Å²) in [4.78, 5) is 7.99. The van der Waals surface area contributed by atoms with Crippen LogP contribution in [0.2, 0.25) is 5.15 Å². The molecule has 100 valence electrons. The first-order valence-corrected chi connectivity index (χ1v) is 6.51. The summed E-state index contributed by atoms with van der Waals surface area (Å²) in [5.41, 5.74) is 2.13. The number of nitrogens with zero attached hydrogens (tertiary/aromatic N) is 2. The van der Waals surface area contributed by atoms with Crippen LogP contribution in [0.5, 0.6) is 11.6 Å². The minimum Gasteiger partial charge on any atom is -0.439 e. The molecule has 0 saturated heterocycles. The lowest BCUT2D eigenvalue weighted by molar-refractivity contribution is 0.456. The largest absolute Gasteiger partial charge is 0.439 e. The van der Waals surface area contributed by atoms with E-state index in [1.807, 2.05) is 19.1 Å². The molecule has 0 aliphatic carbocycles. The summed E-state index contributed by atoms with van der Waals surface area (Å²) >= 11 is 5.93. The lowest BCUT2D eigenvalue weighted by Crippen LogP contribution is -2.10. The van der Waals surface area contributed by atoms with Gasteiger partial charge in [0.25, 0.3) is 0 Å². The molecule has 0 aliphatic rings. The molecule has 0 unspecified atom stereocenters. The summed E-state index contributed by atoms with van der Waals surface area (Å²) in [6.45, 7) is 8.37. The summed E-state index contributed by atoms with van der Waals surface area (Å²) in [6.07, 6.45) is 1.40. The van der Waals surface area contributed by atoms with Gasteiger partial charge in [-0.15, -0.1) is 0 Å². The first-order chi connectivity index (χ1) is 8.88. The van der Waals surface area contributed by atoms with Crippen LogP contribution in [0.3, 0.4) is 0 Å². The zero-order valence-electron chi connectivity index (χ0n) is 11.6. The van der Waals surface area contributed by atoms with Gasteiger partial charge in [0.15, 0.2) is 0 Å². The summed E-state index contributed by atoms with van der Waals surface area (Å²) in [7, 11) is 0. The number of halogens is 1. The van der Waals surface area contributed by atoms with Gasteiger partial charge in [-0.05, 0) is 30.0 Å². The van der Waals surface area contributed by atoms with Crippen LogP contribution in [0.1, 0.15) is 31.9 Å². The normalized spacial score (nSPS) is 11.4. The first kappa shape index (κ1) is 13.8. The van der Waals surface area contributed by atoms with Crippen molar-refractivity contribution in [2.24, 2.45) is 0 Å². The fourth-order valence-corrected chi connectivity index (χ4v) is 1.78. The molecule has 2 aromatic rings. The molecule has 3 nitrogen and oxygen atoms in total. The molecule has 2 rings (SSSR count). The van der Waals surface area contributed by atoms with Crippen molar-refractivity contribution in [2.45, 2.75) is 33.1 Å². The highest BCUT2D eigenvalue weighted by atomic mass is 35.5. The number of aromatic nitrogens is 2. The van der Waals surface area contributed by atoms with E-state index in [1.54, 1.807) is 0 Å². The summed E-state index contributed by atoms with van der Waals surface area (Å²) < 4.78 is 5.72. The molecule has 0 amide bonds. The van der Waals surface area contributed by atoms with Crippen LogP contribution < -0.4 is 4.74 Å². The fourth-order valence-electron chi connectivity index (χ4n) is 1.65. The van der Waals surface area contributed by atoms with Crippen LogP contribution in [-0.4, -0.2) is 9.97 Å². The maximum atomic E-state index is 5.93. The van der Waals surface area contributed by atoms with Gasteiger partial charge in [0.05, 0.1) is 0 Å². The van der Waals surface area contributed by atoms with Crippen LogP contribution in [0.15, 0.2) is 30.6 Å². The zero-order chi connectivity index (χ0) is 14.0. The summed E-state index contributed by atoms with van der Waals surface area (Å²) in [6, 6.07) is 8.01. The molecule has 0 fully saturated rings. The van der Waals surface area contributed by atoms with Crippen molar-refractivity contribution in [1.82, 2.24) is 9.97 Å². The maximum Gasteiger partial charge on any atom is 0.226 e. The summed E-state index contributed by atoms with van der Waals surface area (Å²) in [5.74, 6) is 1.23. The molecule has 0 spiro atoms. The molecule has 1 heterocycles. The molecular weight excluding hydrogens is 260 g/mol. The lowest BCUT2D eigenvalue weighted by atomic mass is 9.87. The topological polar surface area (TPSA) is 35.0 Å². The molecule has 0 saturated carbocycles. The molecule has 0 N–H and O–H groups in total. The fraction of sp³-hybridized carbons (Fsp3) is 0.333. The van der Waals surface area contributed by atoms with Gasteiger partial charge in [0.1, 0.15) is 17.2 Å². The minimum absolute atomic E-state index is 0.132. The Balaban J connectivity index is 2.23. The predicted molar refractivity (Wildman–Crippen MR) is 77.0 cm³/mol. The van der Waals surface area contributed by atoms with Crippen molar-refractivity contribution in [3.63, 3.8) is 0 Å². The SMILES string of the molecule is Cc1c(Cl)ncnc1Oc1ccc(C(C)(C)C)cc1. The third-order valence-corrected chi connectivity index (χ3v) is 3.29. The van der Waals surface area contributed by atoms with Crippen molar-refractivity contribution in [3.05, 3.63) is 46.9 Å². The lowest BCUT2D eigenvalue weighted by Gasteiger charge is -2.19. The van der Waals surface area contributed by atoms with E-state index in [9.17, 15) is 0 Å². The second-order valence-electron chi connectivity index (χ2n) is 5.47. The van der Waals surface area contributed by atoms with Gasteiger partial charge in [-0.2, -0.15) is 0 Å². The van der Waals surface area contributed by atoms with Crippen LogP contribution in [-0.2, 0) is 5.41 Å². The number of benzene rings is 1. The Morgan fingerprint density at radius 1 is 1.05 bits per heavy atom. The van der Waals surface area contributed by atoms with Crippen molar-refractivity contribution in [3.8, 4) is 11.6 Å². The van der Waals surface area contributed by atoms with Gasteiger partial charge in [0, 0.05) is 5.56 Å². The van der Waals surface area contributed by atoms with Crippen molar-refractivity contribution in [2.75, 3.05) is 0 Å². The van der Waals surface area contributed by atoms with Crippen LogP contribution in [0.4, 0.5) is 0 Å². The van der Waals surface area contributed by atoms with E-state index in [0.29, 0.717) is 11.0 Å². The van der Waals surface area contributed by atoms with Gasteiger partial charge < -0.3 is 4.74 Å². The Morgan fingerprint density at radius 3 is 2.26 bits per heavy atom. The Labute approximate surface area is 118 Å². The van der Waals surface area contributed by atoms with E-state index in [-0.39, 0.29) is 5.41 Å². The molecule has 0 atom stereocenters. The molecule has 0 aliphatic heterocycles. The Morgan fingerprint density at radius 2 is 1.68 bits per heavy atom. The summed E-state index contributed by atoms with van der Waals surface area (Å²) in [5, 5.41) is 0.413. The minimum atomic E-state index is 0.132. The van der Waals surface area contributed by atoms with Gasteiger partial charge in [-0.3, -0.25) is 0 Å².